The second-order valence-electron chi connectivity index (χ2n) is 5.64. The Morgan fingerprint density at radius 2 is 2.13 bits per heavy atom. The average Bonchev–Trinajstić information content (AvgIpc) is 3.02. The third-order valence-corrected chi connectivity index (χ3v) is 4.72. The molecule has 1 aliphatic rings. The summed E-state index contributed by atoms with van der Waals surface area (Å²) in [6.07, 6.45) is 0.970. The van der Waals surface area contributed by atoms with Crippen molar-refractivity contribution in [3.05, 3.63) is 57.6 Å². The van der Waals surface area contributed by atoms with Crippen molar-refractivity contribution in [3.8, 4) is 5.75 Å². The molecule has 3 rings (SSSR count). The molecule has 0 saturated carbocycles. The molecular weight excluding hydrogens is 356 g/mol. The number of methoxy groups -OCH3 is 1. The number of amides is 1. The minimum absolute atomic E-state index is 0.0564. The van der Waals surface area contributed by atoms with Crippen molar-refractivity contribution in [3.63, 3.8) is 0 Å². The smallest absolute Gasteiger partial charge is 0.251 e. The van der Waals surface area contributed by atoms with Crippen LogP contribution in [-0.2, 0) is 6.42 Å². The number of carbonyl (C=O) groups excluding carboxylic acids is 1. The molecule has 23 heavy (non-hydrogen) atoms. The monoisotopic (exact) mass is 374 g/mol. The van der Waals surface area contributed by atoms with Gasteiger partial charge in [0.2, 0.25) is 0 Å². The number of benzene rings is 2. The number of fused-ring (bicyclic) bond motifs is 1. The lowest BCUT2D eigenvalue weighted by Gasteiger charge is -2.16. The molecule has 4 nitrogen and oxygen atoms in total. The van der Waals surface area contributed by atoms with E-state index in [1.807, 2.05) is 43.3 Å². The SMILES string of the molecule is COc1ccc(C(C)NC(=O)c2ccc3c(c2)CCN3)cc1Br. The Kier molecular flexibility index (Phi) is 4.57. The van der Waals surface area contributed by atoms with E-state index in [1.54, 1.807) is 7.11 Å². The Morgan fingerprint density at radius 3 is 2.87 bits per heavy atom. The number of rotatable bonds is 4. The summed E-state index contributed by atoms with van der Waals surface area (Å²) < 4.78 is 6.11. The van der Waals surface area contributed by atoms with Gasteiger partial charge in [0, 0.05) is 17.8 Å². The number of hydrogen-bond acceptors (Lipinski definition) is 3. The highest BCUT2D eigenvalue weighted by atomic mass is 79.9. The van der Waals surface area contributed by atoms with Gasteiger partial charge in [-0.3, -0.25) is 4.79 Å². The lowest BCUT2D eigenvalue weighted by Crippen LogP contribution is -2.26. The molecule has 2 aromatic carbocycles. The predicted octanol–water partition coefficient (Wildman–Crippen LogP) is 3.92. The van der Waals surface area contributed by atoms with Gasteiger partial charge in [-0.1, -0.05) is 6.07 Å². The number of carbonyl (C=O) groups is 1. The number of halogens is 1. The van der Waals surface area contributed by atoms with E-state index in [-0.39, 0.29) is 11.9 Å². The second kappa shape index (κ2) is 6.62. The first-order valence-electron chi connectivity index (χ1n) is 7.59. The van der Waals surface area contributed by atoms with E-state index in [0.717, 1.165) is 34.4 Å². The fraction of sp³-hybridized carbons (Fsp3) is 0.278. The molecule has 1 atom stereocenters. The first-order valence-corrected chi connectivity index (χ1v) is 8.39. The maximum atomic E-state index is 12.5. The third-order valence-electron chi connectivity index (χ3n) is 4.10. The van der Waals surface area contributed by atoms with Gasteiger partial charge < -0.3 is 15.4 Å². The zero-order valence-electron chi connectivity index (χ0n) is 13.2. The van der Waals surface area contributed by atoms with Crippen LogP contribution in [0.25, 0.3) is 0 Å². The summed E-state index contributed by atoms with van der Waals surface area (Å²) in [6, 6.07) is 11.5. The molecular formula is C18H19BrN2O2. The van der Waals surface area contributed by atoms with E-state index in [1.165, 1.54) is 5.56 Å². The first kappa shape index (κ1) is 15.9. The van der Waals surface area contributed by atoms with Crippen LogP contribution in [0.3, 0.4) is 0 Å². The predicted molar refractivity (Wildman–Crippen MR) is 95.2 cm³/mol. The molecule has 1 aliphatic heterocycles. The Hall–Kier alpha value is -2.01. The van der Waals surface area contributed by atoms with Gasteiger partial charge in [0.1, 0.15) is 5.75 Å². The fourth-order valence-electron chi connectivity index (χ4n) is 2.76. The van der Waals surface area contributed by atoms with Crippen molar-refractivity contribution in [1.29, 1.82) is 0 Å². The van der Waals surface area contributed by atoms with Crippen LogP contribution in [0.4, 0.5) is 5.69 Å². The molecule has 0 aliphatic carbocycles. The van der Waals surface area contributed by atoms with E-state index in [2.05, 4.69) is 26.6 Å². The van der Waals surface area contributed by atoms with Crippen LogP contribution >= 0.6 is 15.9 Å². The van der Waals surface area contributed by atoms with Gasteiger partial charge in [-0.25, -0.2) is 0 Å². The standard InChI is InChI=1S/C18H19BrN2O2/c1-11(12-4-6-17(23-2)15(19)10-12)21-18(22)14-3-5-16-13(9-14)7-8-20-16/h3-6,9-11,20H,7-8H2,1-2H3,(H,21,22). The summed E-state index contributed by atoms with van der Waals surface area (Å²) in [6.45, 7) is 2.91. The molecule has 1 unspecified atom stereocenters. The molecule has 2 N–H and O–H groups in total. The normalized spacial score (nSPS) is 13.9. The highest BCUT2D eigenvalue weighted by Gasteiger charge is 2.16. The van der Waals surface area contributed by atoms with Crippen LogP contribution < -0.4 is 15.4 Å². The summed E-state index contributed by atoms with van der Waals surface area (Å²) >= 11 is 3.48. The fourth-order valence-corrected chi connectivity index (χ4v) is 3.32. The number of hydrogen-bond donors (Lipinski definition) is 2. The Balaban J connectivity index is 1.73. The molecule has 0 fully saturated rings. The molecule has 0 aromatic heterocycles. The Bertz CT molecular complexity index is 746. The van der Waals surface area contributed by atoms with Crippen molar-refractivity contribution >= 4 is 27.5 Å². The van der Waals surface area contributed by atoms with Gasteiger partial charge in [-0.2, -0.15) is 0 Å². The van der Waals surface area contributed by atoms with Crippen molar-refractivity contribution in [2.45, 2.75) is 19.4 Å². The van der Waals surface area contributed by atoms with Gasteiger partial charge in [0.15, 0.2) is 0 Å². The van der Waals surface area contributed by atoms with E-state index >= 15 is 0 Å². The quantitative estimate of drug-likeness (QED) is 0.852. The lowest BCUT2D eigenvalue weighted by molar-refractivity contribution is 0.0940. The Morgan fingerprint density at radius 1 is 1.30 bits per heavy atom. The molecule has 1 heterocycles. The average molecular weight is 375 g/mol. The van der Waals surface area contributed by atoms with Crippen LogP contribution in [0.2, 0.25) is 0 Å². The molecule has 2 aromatic rings. The van der Waals surface area contributed by atoms with Crippen LogP contribution in [0.1, 0.15) is 34.5 Å². The van der Waals surface area contributed by atoms with E-state index < -0.39 is 0 Å². The van der Waals surface area contributed by atoms with Crippen molar-refractivity contribution in [2.75, 3.05) is 19.0 Å². The van der Waals surface area contributed by atoms with Gasteiger partial charge in [-0.05, 0) is 70.7 Å². The number of ether oxygens (including phenoxy) is 1. The maximum Gasteiger partial charge on any atom is 0.251 e. The highest BCUT2D eigenvalue weighted by Crippen LogP contribution is 2.28. The first-order chi connectivity index (χ1) is 11.1. The molecule has 5 heteroatoms. The van der Waals surface area contributed by atoms with E-state index in [9.17, 15) is 4.79 Å². The molecule has 0 radical (unpaired) electrons. The third kappa shape index (κ3) is 3.34. The zero-order valence-corrected chi connectivity index (χ0v) is 14.7. The minimum Gasteiger partial charge on any atom is -0.496 e. The van der Waals surface area contributed by atoms with Crippen LogP contribution in [0.5, 0.6) is 5.75 Å². The van der Waals surface area contributed by atoms with Crippen molar-refractivity contribution < 1.29 is 9.53 Å². The van der Waals surface area contributed by atoms with Crippen molar-refractivity contribution in [1.82, 2.24) is 5.32 Å². The zero-order chi connectivity index (χ0) is 16.4. The van der Waals surface area contributed by atoms with E-state index in [0.29, 0.717) is 5.56 Å². The summed E-state index contributed by atoms with van der Waals surface area (Å²) in [5, 5.41) is 6.35. The molecule has 1 amide bonds. The van der Waals surface area contributed by atoms with Crippen LogP contribution in [0, 0.1) is 0 Å². The van der Waals surface area contributed by atoms with Gasteiger partial charge in [-0.15, -0.1) is 0 Å². The molecule has 120 valence electrons. The van der Waals surface area contributed by atoms with Gasteiger partial charge in [0.05, 0.1) is 17.6 Å². The maximum absolute atomic E-state index is 12.5. The van der Waals surface area contributed by atoms with E-state index in [4.69, 9.17) is 4.74 Å². The largest absolute Gasteiger partial charge is 0.496 e. The van der Waals surface area contributed by atoms with Crippen LogP contribution in [-0.4, -0.2) is 19.6 Å². The number of nitrogens with one attached hydrogen (secondary N) is 2. The van der Waals surface area contributed by atoms with Gasteiger partial charge in [0.25, 0.3) is 5.91 Å². The summed E-state index contributed by atoms with van der Waals surface area (Å²) in [5.74, 6) is 0.720. The topological polar surface area (TPSA) is 50.4 Å². The lowest BCUT2D eigenvalue weighted by atomic mass is 10.1. The molecule has 0 bridgehead atoms. The van der Waals surface area contributed by atoms with Gasteiger partial charge >= 0.3 is 0 Å². The Labute approximate surface area is 144 Å². The summed E-state index contributed by atoms with van der Waals surface area (Å²) in [7, 11) is 1.63. The number of anilines is 1. The summed E-state index contributed by atoms with van der Waals surface area (Å²) in [5.41, 5.74) is 4.06. The van der Waals surface area contributed by atoms with Crippen LogP contribution in [0.15, 0.2) is 40.9 Å². The van der Waals surface area contributed by atoms with Crippen molar-refractivity contribution in [2.24, 2.45) is 0 Å². The molecule has 0 saturated heterocycles. The highest BCUT2D eigenvalue weighted by molar-refractivity contribution is 9.10. The summed E-state index contributed by atoms with van der Waals surface area (Å²) in [4.78, 5) is 12.5. The second-order valence-corrected chi connectivity index (χ2v) is 6.49. The minimum atomic E-state index is -0.0870. The molecule has 0 spiro atoms.